The third kappa shape index (κ3) is 2.92. The van der Waals surface area contributed by atoms with Crippen molar-refractivity contribution < 1.29 is 4.79 Å². The Kier molecular flexibility index (Phi) is 3.26. The summed E-state index contributed by atoms with van der Waals surface area (Å²) in [6.07, 6.45) is 4.59. The SMILES string of the molecule is CN(C(=O)CN1CCCC(N)C1)C1CC1. The van der Waals surface area contributed by atoms with Gasteiger partial charge in [0.15, 0.2) is 0 Å². The lowest BCUT2D eigenvalue weighted by molar-refractivity contribution is -0.131. The third-order valence-corrected chi connectivity index (χ3v) is 3.39. The molecule has 1 aliphatic heterocycles. The van der Waals surface area contributed by atoms with Gasteiger partial charge in [-0.3, -0.25) is 9.69 Å². The highest BCUT2D eigenvalue weighted by molar-refractivity contribution is 5.78. The number of nitrogens with two attached hydrogens (primary N) is 1. The number of hydrogen-bond donors (Lipinski definition) is 1. The van der Waals surface area contributed by atoms with Crippen molar-refractivity contribution in [2.75, 3.05) is 26.7 Å². The zero-order valence-corrected chi connectivity index (χ0v) is 9.48. The Bertz CT molecular complexity index is 240. The van der Waals surface area contributed by atoms with Gasteiger partial charge in [-0.2, -0.15) is 0 Å². The molecule has 1 saturated carbocycles. The minimum Gasteiger partial charge on any atom is -0.342 e. The monoisotopic (exact) mass is 211 g/mol. The van der Waals surface area contributed by atoms with Gasteiger partial charge in [0.1, 0.15) is 0 Å². The van der Waals surface area contributed by atoms with E-state index in [4.69, 9.17) is 5.73 Å². The topological polar surface area (TPSA) is 49.6 Å². The van der Waals surface area contributed by atoms with Crippen LogP contribution in [0.4, 0.5) is 0 Å². The highest BCUT2D eigenvalue weighted by atomic mass is 16.2. The zero-order chi connectivity index (χ0) is 10.8. The standard InChI is InChI=1S/C11H21N3O/c1-13(10-4-5-10)11(15)8-14-6-2-3-9(12)7-14/h9-10H,2-8,12H2,1H3. The van der Waals surface area contributed by atoms with Crippen LogP contribution in [0.5, 0.6) is 0 Å². The van der Waals surface area contributed by atoms with Crippen molar-refractivity contribution >= 4 is 5.91 Å². The maximum atomic E-state index is 11.8. The minimum absolute atomic E-state index is 0.256. The van der Waals surface area contributed by atoms with Crippen molar-refractivity contribution in [3.05, 3.63) is 0 Å². The second kappa shape index (κ2) is 4.49. The van der Waals surface area contributed by atoms with Crippen LogP contribution in [0.25, 0.3) is 0 Å². The van der Waals surface area contributed by atoms with Crippen LogP contribution in [-0.2, 0) is 4.79 Å². The number of carbonyl (C=O) groups is 1. The number of carbonyl (C=O) groups excluding carboxylic acids is 1. The Morgan fingerprint density at radius 2 is 2.20 bits per heavy atom. The highest BCUT2D eigenvalue weighted by Crippen LogP contribution is 2.25. The van der Waals surface area contributed by atoms with E-state index < -0.39 is 0 Å². The molecule has 2 N–H and O–H groups in total. The first-order valence-electron chi connectivity index (χ1n) is 5.90. The fourth-order valence-corrected chi connectivity index (χ4v) is 2.20. The Labute approximate surface area is 91.4 Å². The molecule has 4 heteroatoms. The largest absolute Gasteiger partial charge is 0.342 e. The quantitative estimate of drug-likeness (QED) is 0.716. The van der Waals surface area contributed by atoms with Crippen LogP contribution in [0.15, 0.2) is 0 Å². The maximum absolute atomic E-state index is 11.8. The predicted molar refractivity (Wildman–Crippen MR) is 59.4 cm³/mol. The van der Waals surface area contributed by atoms with Gasteiger partial charge in [-0.15, -0.1) is 0 Å². The van der Waals surface area contributed by atoms with Gasteiger partial charge in [0.2, 0.25) is 5.91 Å². The van der Waals surface area contributed by atoms with Gasteiger partial charge >= 0.3 is 0 Å². The first kappa shape index (κ1) is 10.9. The molecule has 1 heterocycles. The van der Waals surface area contributed by atoms with E-state index in [0.717, 1.165) is 25.9 Å². The van der Waals surface area contributed by atoms with Crippen LogP contribution in [0, 0.1) is 0 Å². The zero-order valence-electron chi connectivity index (χ0n) is 9.48. The van der Waals surface area contributed by atoms with Gasteiger partial charge in [-0.05, 0) is 32.2 Å². The average molecular weight is 211 g/mol. The van der Waals surface area contributed by atoms with Crippen LogP contribution < -0.4 is 5.73 Å². The van der Waals surface area contributed by atoms with Gasteiger partial charge in [0.05, 0.1) is 6.54 Å². The summed E-state index contributed by atoms with van der Waals surface area (Å²) in [7, 11) is 1.92. The van der Waals surface area contributed by atoms with E-state index in [2.05, 4.69) is 4.90 Å². The molecular weight excluding hydrogens is 190 g/mol. The van der Waals surface area contributed by atoms with Crippen LogP contribution in [0.1, 0.15) is 25.7 Å². The summed E-state index contributed by atoms with van der Waals surface area (Å²) in [6.45, 7) is 2.46. The molecule has 1 saturated heterocycles. The normalized spacial score (nSPS) is 27.7. The summed E-state index contributed by atoms with van der Waals surface area (Å²) >= 11 is 0. The molecule has 2 aliphatic rings. The second-order valence-corrected chi connectivity index (χ2v) is 4.87. The lowest BCUT2D eigenvalue weighted by atomic mass is 10.1. The van der Waals surface area contributed by atoms with Crippen LogP contribution in [0.3, 0.4) is 0 Å². The van der Waals surface area contributed by atoms with Crippen molar-refractivity contribution in [2.24, 2.45) is 5.73 Å². The lowest BCUT2D eigenvalue weighted by Crippen LogP contribution is -2.47. The minimum atomic E-state index is 0.256. The number of likely N-dealkylation sites (N-methyl/N-ethyl adjacent to an activating group) is 1. The fourth-order valence-electron chi connectivity index (χ4n) is 2.20. The molecule has 0 aromatic heterocycles. The summed E-state index contributed by atoms with van der Waals surface area (Å²) in [5.74, 6) is 0.256. The molecule has 4 nitrogen and oxygen atoms in total. The Morgan fingerprint density at radius 3 is 2.80 bits per heavy atom. The average Bonchev–Trinajstić information content (AvgIpc) is 2.99. The molecule has 0 radical (unpaired) electrons. The van der Waals surface area contributed by atoms with Gasteiger partial charge in [-0.1, -0.05) is 0 Å². The van der Waals surface area contributed by atoms with Crippen molar-refractivity contribution in [2.45, 2.75) is 37.8 Å². The molecule has 15 heavy (non-hydrogen) atoms. The Hall–Kier alpha value is -0.610. The van der Waals surface area contributed by atoms with Crippen molar-refractivity contribution in [1.29, 1.82) is 0 Å². The maximum Gasteiger partial charge on any atom is 0.236 e. The summed E-state index contributed by atoms with van der Waals surface area (Å²) in [5.41, 5.74) is 5.88. The van der Waals surface area contributed by atoms with E-state index in [-0.39, 0.29) is 11.9 Å². The van der Waals surface area contributed by atoms with E-state index in [1.165, 1.54) is 12.8 Å². The molecule has 0 spiro atoms. The number of hydrogen-bond acceptors (Lipinski definition) is 3. The van der Waals surface area contributed by atoms with E-state index in [0.29, 0.717) is 12.6 Å². The van der Waals surface area contributed by atoms with Gasteiger partial charge in [-0.25, -0.2) is 0 Å². The Balaban J connectivity index is 1.77. The van der Waals surface area contributed by atoms with E-state index in [1.807, 2.05) is 11.9 Å². The molecule has 2 rings (SSSR count). The van der Waals surface area contributed by atoms with Crippen molar-refractivity contribution in [1.82, 2.24) is 9.80 Å². The molecule has 2 fully saturated rings. The molecule has 86 valence electrons. The summed E-state index contributed by atoms with van der Waals surface area (Å²) < 4.78 is 0. The summed E-state index contributed by atoms with van der Waals surface area (Å²) in [4.78, 5) is 15.9. The molecule has 0 aromatic carbocycles. The van der Waals surface area contributed by atoms with E-state index >= 15 is 0 Å². The molecule has 0 aromatic rings. The van der Waals surface area contributed by atoms with Crippen molar-refractivity contribution in [3.8, 4) is 0 Å². The molecule has 1 atom stereocenters. The van der Waals surface area contributed by atoms with Gasteiger partial charge < -0.3 is 10.6 Å². The molecule has 1 amide bonds. The number of amides is 1. The van der Waals surface area contributed by atoms with Gasteiger partial charge in [0, 0.05) is 25.7 Å². The second-order valence-electron chi connectivity index (χ2n) is 4.87. The highest BCUT2D eigenvalue weighted by Gasteiger charge is 2.30. The lowest BCUT2D eigenvalue weighted by Gasteiger charge is -2.31. The molecule has 0 bridgehead atoms. The molecule has 1 aliphatic carbocycles. The van der Waals surface area contributed by atoms with Crippen molar-refractivity contribution in [3.63, 3.8) is 0 Å². The fraction of sp³-hybridized carbons (Fsp3) is 0.909. The number of piperidine rings is 1. The van der Waals surface area contributed by atoms with Crippen LogP contribution in [-0.4, -0.2) is 54.5 Å². The van der Waals surface area contributed by atoms with E-state index in [9.17, 15) is 4.79 Å². The van der Waals surface area contributed by atoms with Crippen LogP contribution >= 0.6 is 0 Å². The van der Waals surface area contributed by atoms with E-state index in [1.54, 1.807) is 0 Å². The predicted octanol–water partition coefficient (Wildman–Crippen LogP) is 0.0303. The van der Waals surface area contributed by atoms with Crippen LogP contribution in [0.2, 0.25) is 0 Å². The number of nitrogens with zero attached hydrogens (tertiary/aromatic N) is 2. The summed E-state index contributed by atoms with van der Waals surface area (Å²) in [6, 6.07) is 0.786. The molecule has 1 unspecified atom stereocenters. The summed E-state index contributed by atoms with van der Waals surface area (Å²) in [5, 5.41) is 0. The number of rotatable bonds is 3. The Morgan fingerprint density at radius 1 is 1.47 bits per heavy atom. The smallest absolute Gasteiger partial charge is 0.236 e. The first-order valence-corrected chi connectivity index (χ1v) is 5.90. The molecular formula is C11H21N3O. The third-order valence-electron chi connectivity index (χ3n) is 3.39. The number of likely N-dealkylation sites (tertiary alicyclic amines) is 1. The first-order chi connectivity index (χ1) is 7.16. The van der Waals surface area contributed by atoms with Gasteiger partial charge in [0.25, 0.3) is 0 Å².